The Morgan fingerprint density at radius 2 is 1.66 bits per heavy atom. The van der Waals surface area contributed by atoms with Gasteiger partial charge in [0.1, 0.15) is 11.6 Å². The summed E-state index contributed by atoms with van der Waals surface area (Å²) in [5, 5.41) is 2.16. The molecule has 2 aromatic carbocycles. The summed E-state index contributed by atoms with van der Waals surface area (Å²) in [6.07, 6.45) is 1.66. The van der Waals surface area contributed by atoms with Gasteiger partial charge in [0, 0.05) is 6.07 Å². The highest BCUT2D eigenvalue weighted by atomic mass is 16.5. The molecule has 1 aromatic heterocycles. The van der Waals surface area contributed by atoms with E-state index in [1.807, 2.05) is 18.2 Å². The Morgan fingerprint density at radius 1 is 0.931 bits per heavy atom. The smallest absolute Gasteiger partial charge is 0.262 e. The lowest BCUT2D eigenvalue weighted by molar-refractivity contribution is 0.0880. The fourth-order valence-corrected chi connectivity index (χ4v) is 3.39. The normalized spacial score (nSPS) is 12.6. The van der Waals surface area contributed by atoms with Crippen LogP contribution in [0.5, 0.6) is 5.75 Å². The van der Waals surface area contributed by atoms with Crippen molar-refractivity contribution in [2.45, 2.75) is 12.8 Å². The molecular weight excluding hydrogens is 370 g/mol. The number of nitrogens with two attached hydrogens (primary N) is 1. The maximum Gasteiger partial charge on any atom is 0.262 e. The Kier molecular flexibility index (Phi) is 4.87. The van der Waals surface area contributed by atoms with Crippen molar-refractivity contribution in [3.63, 3.8) is 0 Å². The highest BCUT2D eigenvalue weighted by Gasteiger charge is 2.32. The van der Waals surface area contributed by atoms with Crippen LogP contribution in [0.2, 0.25) is 0 Å². The number of aryl methyl sites for hydroxylation is 1. The minimum atomic E-state index is -0.619. The third-order valence-electron chi connectivity index (χ3n) is 4.77. The van der Waals surface area contributed by atoms with Crippen molar-refractivity contribution in [2.24, 2.45) is 0 Å². The number of imide groups is 1. The molecule has 7 heteroatoms. The van der Waals surface area contributed by atoms with Gasteiger partial charge in [0.2, 0.25) is 0 Å². The molecule has 146 valence electrons. The number of nitrogens with zero attached hydrogens (tertiary/aromatic N) is 1. The van der Waals surface area contributed by atoms with Gasteiger partial charge in [0.05, 0.1) is 23.4 Å². The number of fused-ring (bicyclic) bond motifs is 1. The molecule has 3 N–H and O–H groups in total. The summed E-state index contributed by atoms with van der Waals surface area (Å²) in [6, 6.07) is 18.2. The lowest BCUT2D eigenvalue weighted by Crippen LogP contribution is -2.24. The van der Waals surface area contributed by atoms with Gasteiger partial charge in [0.25, 0.3) is 17.4 Å². The minimum Gasteiger partial charge on any atom is -0.491 e. The van der Waals surface area contributed by atoms with Crippen molar-refractivity contribution in [3.05, 3.63) is 87.7 Å². The SMILES string of the molecule is Nc1c2c(cc(=O)n1-c1ccccc1OCCCc1ccccc1)C(=O)NC2=O. The Labute approximate surface area is 166 Å². The molecule has 2 heterocycles. The second-order valence-electron chi connectivity index (χ2n) is 6.68. The van der Waals surface area contributed by atoms with E-state index in [4.69, 9.17) is 10.5 Å². The molecule has 3 aromatic rings. The van der Waals surface area contributed by atoms with Gasteiger partial charge >= 0.3 is 0 Å². The summed E-state index contributed by atoms with van der Waals surface area (Å²) < 4.78 is 7.11. The predicted molar refractivity (Wildman–Crippen MR) is 109 cm³/mol. The van der Waals surface area contributed by atoms with Crippen molar-refractivity contribution >= 4 is 17.6 Å². The summed E-state index contributed by atoms with van der Waals surface area (Å²) in [5.74, 6) is -0.848. The number of para-hydroxylation sites is 2. The largest absolute Gasteiger partial charge is 0.491 e. The molecule has 0 unspecified atom stereocenters. The fraction of sp³-hybridized carbons (Fsp3) is 0.136. The maximum atomic E-state index is 12.7. The highest BCUT2D eigenvalue weighted by Crippen LogP contribution is 2.28. The zero-order chi connectivity index (χ0) is 20.4. The van der Waals surface area contributed by atoms with Gasteiger partial charge < -0.3 is 10.5 Å². The molecule has 1 aliphatic heterocycles. The Morgan fingerprint density at radius 3 is 2.45 bits per heavy atom. The van der Waals surface area contributed by atoms with Gasteiger partial charge in [-0.05, 0) is 30.5 Å². The number of nitrogens with one attached hydrogen (secondary N) is 1. The molecule has 2 amide bonds. The fourth-order valence-electron chi connectivity index (χ4n) is 3.39. The number of carbonyl (C=O) groups is 2. The maximum absolute atomic E-state index is 12.7. The number of carbonyl (C=O) groups excluding carboxylic acids is 2. The number of amides is 2. The van der Waals surface area contributed by atoms with Crippen molar-refractivity contribution in [3.8, 4) is 11.4 Å². The first-order valence-electron chi connectivity index (χ1n) is 9.23. The van der Waals surface area contributed by atoms with E-state index in [0.717, 1.165) is 18.9 Å². The van der Waals surface area contributed by atoms with E-state index in [2.05, 4.69) is 17.4 Å². The standard InChI is InChI=1S/C22H19N3O4/c23-20-19-15(21(27)24-22(19)28)13-18(26)25(20)16-10-4-5-11-17(16)29-12-6-9-14-7-2-1-3-8-14/h1-5,7-8,10-11,13H,6,9,12,23H2,(H,24,27,28). The van der Waals surface area contributed by atoms with Crippen molar-refractivity contribution in [1.29, 1.82) is 0 Å². The summed E-state index contributed by atoms with van der Waals surface area (Å²) in [5.41, 5.74) is 7.25. The lowest BCUT2D eigenvalue weighted by atomic mass is 10.1. The van der Waals surface area contributed by atoms with E-state index >= 15 is 0 Å². The molecule has 7 nitrogen and oxygen atoms in total. The van der Waals surface area contributed by atoms with E-state index in [-0.39, 0.29) is 16.9 Å². The van der Waals surface area contributed by atoms with Crippen LogP contribution in [0.3, 0.4) is 0 Å². The van der Waals surface area contributed by atoms with Gasteiger partial charge in [-0.15, -0.1) is 0 Å². The second-order valence-corrected chi connectivity index (χ2v) is 6.68. The van der Waals surface area contributed by atoms with Crippen LogP contribution >= 0.6 is 0 Å². The van der Waals surface area contributed by atoms with Crippen LogP contribution in [0.1, 0.15) is 32.7 Å². The topological polar surface area (TPSA) is 103 Å². The first-order valence-corrected chi connectivity index (χ1v) is 9.23. The zero-order valence-corrected chi connectivity index (χ0v) is 15.6. The number of hydrogen-bond acceptors (Lipinski definition) is 5. The number of anilines is 1. The van der Waals surface area contributed by atoms with E-state index < -0.39 is 17.4 Å². The Hall–Kier alpha value is -3.87. The predicted octanol–water partition coefficient (Wildman–Crippen LogP) is 2.31. The van der Waals surface area contributed by atoms with Crippen LogP contribution in [0.15, 0.2) is 65.5 Å². The number of benzene rings is 2. The van der Waals surface area contributed by atoms with Crippen LogP contribution in [-0.4, -0.2) is 23.0 Å². The van der Waals surface area contributed by atoms with E-state index in [1.54, 1.807) is 24.3 Å². The molecule has 0 bridgehead atoms. The summed E-state index contributed by atoms with van der Waals surface area (Å²) in [6.45, 7) is 0.449. The molecule has 0 fully saturated rings. The Bertz CT molecular complexity index is 1150. The summed E-state index contributed by atoms with van der Waals surface area (Å²) >= 11 is 0. The molecule has 0 atom stereocenters. The molecule has 0 aliphatic carbocycles. The number of aromatic nitrogens is 1. The molecular formula is C22H19N3O4. The first kappa shape index (κ1) is 18.5. The number of hydrogen-bond donors (Lipinski definition) is 2. The van der Waals surface area contributed by atoms with Gasteiger partial charge in [-0.25, -0.2) is 0 Å². The highest BCUT2D eigenvalue weighted by molar-refractivity contribution is 6.23. The van der Waals surface area contributed by atoms with E-state index in [0.29, 0.717) is 18.0 Å². The average Bonchev–Trinajstić information content (AvgIpc) is 3.00. The monoisotopic (exact) mass is 389 g/mol. The minimum absolute atomic E-state index is 0.00462. The number of pyridine rings is 1. The molecule has 1 aliphatic rings. The Balaban J connectivity index is 1.61. The van der Waals surface area contributed by atoms with E-state index in [1.165, 1.54) is 10.1 Å². The van der Waals surface area contributed by atoms with Crippen molar-refractivity contribution < 1.29 is 14.3 Å². The number of nitrogen functional groups attached to an aromatic ring is 1. The third kappa shape index (κ3) is 3.50. The average molecular weight is 389 g/mol. The molecule has 29 heavy (non-hydrogen) atoms. The van der Waals surface area contributed by atoms with Gasteiger partial charge in [0.15, 0.2) is 0 Å². The molecule has 0 saturated heterocycles. The zero-order valence-electron chi connectivity index (χ0n) is 15.6. The quantitative estimate of drug-likeness (QED) is 0.497. The van der Waals surface area contributed by atoms with Crippen molar-refractivity contribution in [2.75, 3.05) is 12.3 Å². The van der Waals surface area contributed by atoms with E-state index in [9.17, 15) is 14.4 Å². The van der Waals surface area contributed by atoms with Gasteiger partial charge in [-0.1, -0.05) is 42.5 Å². The first-order chi connectivity index (χ1) is 14.1. The number of ether oxygens (including phenoxy) is 1. The summed E-state index contributed by atoms with van der Waals surface area (Å²) in [7, 11) is 0. The summed E-state index contributed by atoms with van der Waals surface area (Å²) in [4.78, 5) is 36.5. The molecule has 0 radical (unpaired) electrons. The van der Waals surface area contributed by atoms with Crippen LogP contribution < -0.4 is 21.3 Å². The van der Waals surface area contributed by atoms with Crippen LogP contribution in [0.4, 0.5) is 5.82 Å². The second kappa shape index (κ2) is 7.63. The lowest BCUT2D eigenvalue weighted by Gasteiger charge is -2.16. The third-order valence-corrected chi connectivity index (χ3v) is 4.77. The molecule has 0 spiro atoms. The molecule has 0 saturated carbocycles. The van der Waals surface area contributed by atoms with Crippen molar-refractivity contribution in [1.82, 2.24) is 9.88 Å². The van der Waals surface area contributed by atoms with Crippen LogP contribution in [0, 0.1) is 0 Å². The number of rotatable bonds is 6. The van der Waals surface area contributed by atoms with Crippen LogP contribution in [-0.2, 0) is 6.42 Å². The van der Waals surface area contributed by atoms with Gasteiger partial charge in [-0.2, -0.15) is 0 Å². The van der Waals surface area contributed by atoms with Gasteiger partial charge in [-0.3, -0.25) is 24.3 Å². The molecule has 4 rings (SSSR count). The van der Waals surface area contributed by atoms with Crippen LogP contribution in [0.25, 0.3) is 5.69 Å².